The first-order valence-electron chi connectivity index (χ1n) is 10.8. The van der Waals surface area contributed by atoms with E-state index in [0.29, 0.717) is 24.8 Å². The molecule has 1 heterocycles. The minimum Gasteiger partial charge on any atom is -0.478 e. The number of aliphatic carboxylic acids is 1. The van der Waals surface area contributed by atoms with Crippen LogP contribution in [0.2, 0.25) is 0 Å². The smallest absolute Gasteiger partial charge is 0.348 e. The van der Waals surface area contributed by atoms with Crippen molar-refractivity contribution in [2.45, 2.75) is 83.8 Å². The predicted octanol–water partition coefficient (Wildman–Crippen LogP) is 4.19. The quantitative estimate of drug-likeness (QED) is 0.389. The molecule has 5 atom stereocenters. The summed E-state index contributed by atoms with van der Waals surface area (Å²) in [6.45, 7) is 5.37. The summed E-state index contributed by atoms with van der Waals surface area (Å²) in [6.07, 6.45) is 8.84. The average Bonchev–Trinajstić information content (AvgIpc) is 3.23. The third-order valence-corrected chi connectivity index (χ3v) is 6.95. The number of allylic oxidation sites excluding steroid dienone is 2. The molecule has 3 aliphatic rings. The summed E-state index contributed by atoms with van der Waals surface area (Å²) in [5, 5.41) is 10.3. The topological polar surface area (TPSA) is 89.9 Å². The van der Waals surface area contributed by atoms with Crippen LogP contribution in [0.15, 0.2) is 23.3 Å². The first-order chi connectivity index (χ1) is 13.8. The molecule has 1 N–H and O–H groups in total. The molecule has 0 bridgehead atoms. The highest BCUT2D eigenvalue weighted by Crippen LogP contribution is 2.51. The first-order valence-corrected chi connectivity index (χ1v) is 10.8. The number of esters is 2. The van der Waals surface area contributed by atoms with Crippen LogP contribution in [0.1, 0.15) is 72.1 Å². The van der Waals surface area contributed by atoms with Crippen LogP contribution in [0.5, 0.6) is 0 Å². The summed E-state index contributed by atoms with van der Waals surface area (Å²) in [6, 6.07) is 0. The highest BCUT2D eigenvalue weighted by atomic mass is 16.6. The maximum absolute atomic E-state index is 12.6. The normalized spacial score (nSPS) is 31.1. The summed E-state index contributed by atoms with van der Waals surface area (Å²) in [5.41, 5.74) is -0.115. The molecule has 0 amide bonds. The van der Waals surface area contributed by atoms with E-state index in [1.54, 1.807) is 19.9 Å². The van der Waals surface area contributed by atoms with Crippen LogP contribution in [0, 0.1) is 17.8 Å². The molecule has 3 rings (SSSR count). The van der Waals surface area contributed by atoms with E-state index in [1.807, 2.05) is 6.92 Å². The summed E-state index contributed by atoms with van der Waals surface area (Å²) >= 11 is 0. The fraction of sp³-hybridized carbons (Fsp3) is 0.696. The Kier molecular flexibility index (Phi) is 6.49. The lowest BCUT2D eigenvalue weighted by molar-refractivity contribution is -0.187. The largest absolute Gasteiger partial charge is 0.478 e. The molecule has 0 aromatic carbocycles. The Labute approximate surface area is 172 Å². The van der Waals surface area contributed by atoms with Crippen LogP contribution in [-0.2, 0) is 23.9 Å². The second-order valence-corrected chi connectivity index (χ2v) is 8.62. The van der Waals surface area contributed by atoms with Gasteiger partial charge in [-0.1, -0.05) is 31.9 Å². The fourth-order valence-corrected chi connectivity index (χ4v) is 5.25. The van der Waals surface area contributed by atoms with Crippen molar-refractivity contribution in [2.75, 3.05) is 0 Å². The Hall–Kier alpha value is -2.11. The highest BCUT2D eigenvalue weighted by molar-refractivity contribution is 5.91. The van der Waals surface area contributed by atoms with Gasteiger partial charge in [-0.05, 0) is 57.4 Å². The standard InChI is InChI=1S/C23H32O6/c1-4-6-12-23(22(26)27,29-21(25)14(3)5-2)18-11-10-17-16(18)9-7-8-15-13-19(24)28-20(15)17/h5,10,15-16,18,20H,4,6-9,11-13H2,1-3H3,(H,26,27). The number of carboxylic acid groups (broad SMARTS) is 1. The molecule has 6 heteroatoms. The molecular weight excluding hydrogens is 372 g/mol. The second kappa shape index (κ2) is 8.72. The highest BCUT2D eigenvalue weighted by Gasteiger charge is 2.56. The van der Waals surface area contributed by atoms with Gasteiger partial charge in [-0.25, -0.2) is 9.59 Å². The van der Waals surface area contributed by atoms with Gasteiger partial charge >= 0.3 is 17.9 Å². The lowest BCUT2D eigenvalue weighted by Gasteiger charge is -2.39. The van der Waals surface area contributed by atoms with E-state index in [-0.39, 0.29) is 36.2 Å². The molecule has 1 aliphatic heterocycles. The van der Waals surface area contributed by atoms with E-state index >= 15 is 0 Å². The van der Waals surface area contributed by atoms with Crippen molar-refractivity contribution in [3.63, 3.8) is 0 Å². The van der Waals surface area contributed by atoms with Crippen molar-refractivity contribution in [3.05, 3.63) is 23.3 Å². The van der Waals surface area contributed by atoms with Gasteiger partial charge < -0.3 is 14.6 Å². The van der Waals surface area contributed by atoms with Crippen molar-refractivity contribution < 1.29 is 29.0 Å². The van der Waals surface area contributed by atoms with Gasteiger partial charge in [0.05, 0.1) is 6.42 Å². The van der Waals surface area contributed by atoms with Gasteiger partial charge in [0.25, 0.3) is 0 Å². The summed E-state index contributed by atoms with van der Waals surface area (Å²) < 4.78 is 11.4. The van der Waals surface area contributed by atoms with Gasteiger partial charge in [0, 0.05) is 17.4 Å². The third-order valence-electron chi connectivity index (χ3n) is 6.95. The molecule has 29 heavy (non-hydrogen) atoms. The van der Waals surface area contributed by atoms with Crippen LogP contribution in [-0.4, -0.2) is 34.7 Å². The van der Waals surface area contributed by atoms with Gasteiger partial charge in [0.2, 0.25) is 5.60 Å². The molecule has 0 spiro atoms. The molecular formula is C23H32O6. The van der Waals surface area contributed by atoms with Crippen molar-refractivity contribution in [2.24, 2.45) is 17.8 Å². The number of hydrogen-bond acceptors (Lipinski definition) is 5. The van der Waals surface area contributed by atoms with Gasteiger partial charge in [-0.2, -0.15) is 0 Å². The minimum atomic E-state index is -1.57. The van der Waals surface area contributed by atoms with E-state index in [1.165, 1.54) is 0 Å². The maximum Gasteiger partial charge on any atom is 0.348 e. The average molecular weight is 405 g/mol. The lowest BCUT2D eigenvalue weighted by Crippen LogP contribution is -2.52. The Morgan fingerprint density at radius 1 is 1.38 bits per heavy atom. The number of carboxylic acids is 1. The summed E-state index contributed by atoms with van der Waals surface area (Å²) in [5.74, 6) is -2.02. The van der Waals surface area contributed by atoms with E-state index < -0.39 is 17.5 Å². The number of unbranched alkanes of at least 4 members (excludes halogenated alkanes) is 1. The monoisotopic (exact) mass is 404 g/mol. The number of ether oxygens (including phenoxy) is 2. The minimum absolute atomic E-state index is 0.0393. The van der Waals surface area contributed by atoms with Crippen molar-refractivity contribution in [1.82, 2.24) is 0 Å². The number of carbonyl (C=O) groups is 3. The van der Waals surface area contributed by atoms with Crippen LogP contribution < -0.4 is 0 Å². The van der Waals surface area contributed by atoms with Gasteiger partial charge in [-0.15, -0.1) is 0 Å². The Balaban J connectivity index is 1.94. The molecule has 2 fully saturated rings. The van der Waals surface area contributed by atoms with Crippen LogP contribution >= 0.6 is 0 Å². The van der Waals surface area contributed by atoms with Crippen LogP contribution in [0.3, 0.4) is 0 Å². The van der Waals surface area contributed by atoms with Crippen molar-refractivity contribution in [1.29, 1.82) is 0 Å². The molecule has 160 valence electrons. The molecule has 1 saturated carbocycles. The lowest BCUT2D eigenvalue weighted by atomic mass is 9.73. The van der Waals surface area contributed by atoms with Gasteiger partial charge in [0.15, 0.2) is 0 Å². The number of fused-ring (bicyclic) bond motifs is 3. The second-order valence-electron chi connectivity index (χ2n) is 8.62. The number of carbonyl (C=O) groups excluding carboxylic acids is 2. The van der Waals surface area contributed by atoms with E-state index in [9.17, 15) is 19.5 Å². The van der Waals surface area contributed by atoms with E-state index in [2.05, 4.69) is 6.08 Å². The first kappa shape index (κ1) is 21.6. The van der Waals surface area contributed by atoms with Gasteiger partial charge in [-0.3, -0.25) is 4.79 Å². The molecule has 0 radical (unpaired) electrons. The Morgan fingerprint density at radius 2 is 2.14 bits per heavy atom. The Bertz CT molecular complexity index is 736. The van der Waals surface area contributed by atoms with Crippen molar-refractivity contribution >= 4 is 17.9 Å². The molecule has 0 aromatic rings. The maximum atomic E-state index is 12.6. The zero-order valence-electron chi connectivity index (χ0n) is 17.6. The zero-order valence-corrected chi connectivity index (χ0v) is 17.6. The molecule has 0 aromatic heterocycles. The SMILES string of the molecule is CC=C(C)C(=O)OC(CCCC)(C(=O)O)C1CC=C2C1CCCC1CC(=O)OC21. The molecule has 1 saturated heterocycles. The molecule has 2 aliphatic carbocycles. The Morgan fingerprint density at radius 3 is 2.79 bits per heavy atom. The zero-order chi connectivity index (χ0) is 21.2. The third kappa shape index (κ3) is 3.99. The predicted molar refractivity (Wildman–Crippen MR) is 107 cm³/mol. The number of rotatable bonds is 7. The molecule has 6 nitrogen and oxygen atoms in total. The van der Waals surface area contributed by atoms with Crippen molar-refractivity contribution in [3.8, 4) is 0 Å². The fourth-order valence-electron chi connectivity index (χ4n) is 5.25. The molecule has 5 unspecified atom stereocenters. The van der Waals surface area contributed by atoms with E-state index in [0.717, 1.165) is 31.3 Å². The summed E-state index contributed by atoms with van der Waals surface area (Å²) in [4.78, 5) is 37.1. The van der Waals surface area contributed by atoms with E-state index in [4.69, 9.17) is 9.47 Å². The number of hydrogen-bond donors (Lipinski definition) is 1. The van der Waals surface area contributed by atoms with Crippen LogP contribution in [0.4, 0.5) is 0 Å². The van der Waals surface area contributed by atoms with Gasteiger partial charge in [0.1, 0.15) is 6.10 Å². The van der Waals surface area contributed by atoms with Crippen LogP contribution in [0.25, 0.3) is 0 Å². The summed E-state index contributed by atoms with van der Waals surface area (Å²) in [7, 11) is 0.